The first-order valence-corrected chi connectivity index (χ1v) is 7.72. The summed E-state index contributed by atoms with van der Waals surface area (Å²) in [6.07, 6.45) is 3.11. The Morgan fingerprint density at radius 2 is 1.92 bits per heavy atom. The number of halogens is 1. The van der Waals surface area contributed by atoms with Gasteiger partial charge in [0.05, 0.1) is 22.0 Å². The molecule has 2 heterocycles. The van der Waals surface area contributed by atoms with Crippen LogP contribution < -0.4 is 5.43 Å². The van der Waals surface area contributed by atoms with Crippen molar-refractivity contribution >= 4 is 39.3 Å². The Balaban J connectivity index is 2.06. The van der Waals surface area contributed by atoms with Gasteiger partial charge in [0.25, 0.3) is 0 Å². The van der Waals surface area contributed by atoms with Crippen LogP contribution in [0.15, 0.2) is 53.7 Å². The van der Waals surface area contributed by atoms with E-state index in [1.807, 2.05) is 28.8 Å². The van der Waals surface area contributed by atoms with Gasteiger partial charge in [0, 0.05) is 16.9 Å². The Kier molecular flexibility index (Phi) is 3.25. The van der Waals surface area contributed by atoms with Crippen LogP contribution in [0.3, 0.4) is 0 Å². The van der Waals surface area contributed by atoms with E-state index in [4.69, 9.17) is 11.6 Å². The molecule has 2 aromatic heterocycles. The Hall–Kier alpha value is -2.92. The average molecular weight is 338 g/mol. The predicted octanol–water partition coefficient (Wildman–Crippen LogP) is 3.72. The summed E-state index contributed by atoms with van der Waals surface area (Å²) in [4.78, 5) is 31.7. The topological polar surface area (TPSA) is 67.8 Å². The molecule has 0 amide bonds. The molecule has 0 fully saturated rings. The molecule has 118 valence electrons. The second kappa shape index (κ2) is 5.32. The maximum Gasteiger partial charge on any atom is 0.202 e. The van der Waals surface area contributed by atoms with Crippen molar-refractivity contribution in [3.8, 4) is 5.69 Å². The fraction of sp³-hybridized carbons (Fsp3) is 0.0556. The highest BCUT2D eigenvalue weighted by molar-refractivity contribution is 6.30. The van der Waals surface area contributed by atoms with E-state index in [1.165, 1.54) is 13.1 Å². The number of hydrogen-bond acceptors (Lipinski definition) is 3. The van der Waals surface area contributed by atoms with Crippen molar-refractivity contribution in [2.75, 3.05) is 0 Å². The molecule has 2 aromatic carbocycles. The van der Waals surface area contributed by atoms with E-state index in [9.17, 15) is 9.59 Å². The second-order valence-electron chi connectivity index (χ2n) is 5.53. The maximum atomic E-state index is 12.7. The van der Waals surface area contributed by atoms with Crippen LogP contribution in [0.5, 0.6) is 0 Å². The van der Waals surface area contributed by atoms with E-state index in [1.54, 1.807) is 18.5 Å². The minimum Gasteiger partial charge on any atom is -0.360 e. The SMILES string of the molecule is CC(=O)c1c[nH]c2ccc3c(ncn3-c3ccc(Cl)cc3)c2c1=O. The molecule has 0 bridgehead atoms. The van der Waals surface area contributed by atoms with Crippen molar-refractivity contribution in [1.29, 1.82) is 0 Å². The van der Waals surface area contributed by atoms with E-state index in [0.717, 1.165) is 11.2 Å². The Morgan fingerprint density at radius 1 is 1.17 bits per heavy atom. The third-order valence-corrected chi connectivity index (χ3v) is 4.30. The minimum atomic E-state index is -0.303. The summed E-state index contributed by atoms with van der Waals surface area (Å²) in [5.74, 6) is -0.271. The van der Waals surface area contributed by atoms with Crippen molar-refractivity contribution < 1.29 is 4.79 Å². The number of benzene rings is 2. The molecule has 0 atom stereocenters. The molecule has 0 aliphatic rings. The number of aromatic nitrogens is 3. The number of hydrogen-bond donors (Lipinski definition) is 1. The molecule has 0 radical (unpaired) electrons. The predicted molar refractivity (Wildman–Crippen MR) is 94.2 cm³/mol. The second-order valence-corrected chi connectivity index (χ2v) is 5.97. The van der Waals surface area contributed by atoms with Crippen molar-refractivity contribution in [3.05, 3.63) is 69.7 Å². The highest BCUT2D eigenvalue weighted by atomic mass is 35.5. The largest absolute Gasteiger partial charge is 0.360 e. The summed E-state index contributed by atoms with van der Waals surface area (Å²) >= 11 is 5.93. The first-order chi connectivity index (χ1) is 11.6. The lowest BCUT2D eigenvalue weighted by atomic mass is 10.1. The van der Waals surface area contributed by atoms with E-state index in [0.29, 0.717) is 21.4 Å². The van der Waals surface area contributed by atoms with Gasteiger partial charge in [-0.15, -0.1) is 0 Å². The minimum absolute atomic E-state index is 0.135. The number of pyridine rings is 1. The lowest BCUT2D eigenvalue weighted by molar-refractivity contribution is 0.101. The summed E-state index contributed by atoms with van der Waals surface area (Å²) in [5, 5.41) is 1.07. The Morgan fingerprint density at radius 3 is 2.62 bits per heavy atom. The van der Waals surface area contributed by atoms with Gasteiger partial charge in [0.15, 0.2) is 5.78 Å². The average Bonchev–Trinajstić information content (AvgIpc) is 2.99. The number of nitrogens with zero attached hydrogens (tertiary/aromatic N) is 2. The number of aromatic amines is 1. The Labute approximate surface area is 141 Å². The van der Waals surface area contributed by atoms with Crippen LogP contribution in [0, 0.1) is 0 Å². The standard InChI is InChI=1S/C18H12ClN3O2/c1-10(23)13-8-20-14-6-7-15-17(16(14)18(13)24)21-9-22(15)12-4-2-11(19)3-5-12/h2-9H,1H3,(H,20,24). The van der Waals surface area contributed by atoms with Gasteiger partial charge < -0.3 is 4.98 Å². The summed E-state index contributed by atoms with van der Waals surface area (Å²) in [6.45, 7) is 1.38. The number of nitrogens with one attached hydrogen (secondary N) is 1. The molecule has 0 spiro atoms. The highest BCUT2D eigenvalue weighted by Gasteiger charge is 2.15. The molecule has 0 aliphatic heterocycles. The van der Waals surface area contributed by atoms with Crippen LogP contribution in [-0.2, 0) is 0 Å². The van der Waals surface area contributed by atoms with Gasteiger partial charge in [-0.2, -0.15) is 0 Å². The van der Waals surface area contributed by atoms with Gasteiger partial charge >= 0.3 is 0 Å². The van der Waals surface area contributed by atoms with Crippen molar-refractivity contribution in [1.82, 2.24) is 14.5 Å². The highest BCUT2D eigenvalue weighted by Crippen LogP contribution is 2.24. The third-order valence-electron chi connectivity index (χ3n) is 4.05. The van der Waals surface area contributed by atoms with E-state index >= 15 is 0 Å². The summed E-state index contributed by atoms with van der Waals surface area (Å²) in [7, 11) is 0. The van der Waals surface area contributed by atoms with Gasteiger partial charge in [0.1, 0.15) is 11.8 Å². The zero-order valence-electron chi connectivity index (χ0n) is 12.7. The fourth-order valence-corrected chi connectivity index (χ4v) is 2.98. The molecule has 0 saturated heterocycles. The fourth-order valence-electron chi connectivity index (χ4n) is 2.85. The molecule has 4 rings (SSSR count). The summed E-state index contributed by atoms with van der Waals surface area (Å²) in [6, 6.07) is 11.1. The van der Waals surface area contributed by atoms with Crippen LogP contribution in [0.4, 0.5) is 0 Å². The molecular weight excluding hydrogens is 326 g/mol. The molecular formula is C18H12ClN3O2. The Bertz CT molecular complexity index is 1160. The number of H-pyrrole nitrogens is 1. The normalized spacial score (nSPS) is 11.2. The molecule has 24 heavy (non-hydrogen) atoms. The van der Waals surface area contributed by atoms with Crippen LogP contribution in [0.2, 0.25) is 5.02 Å². The van der Waals surface area contributed by atoms with Gasteiger partial charge in [-0.3, -0.25) is 14.2 Å². The molecule has 5 nitrogen and oxygen atoms in total. The van der Waals surface area contributed by atoms with Gasteiger partial charge in [0.2, 0.25) is 5.43 Å². The number of carbonyl (C=O) groups excluding carboxylic acids is 1. The molecule has 0 unspecified atom stereocenters. The summed E-state index contributed by atoms with van der Waals surface area (Å²) in [5.41, 5.74) is 2.72. The van der Waals surface area contributed by atoms with Crippen molar-refractivity contribution in [2.24, 2.45) is 0 Å². The van der Waals surface area contributed by atoms with Gasteiger partial charge in [-0.25, -0.2) is 4.98 Å². The third kappa shape index (κ3) is 2.13. The van der Waals surface area contributed by atoms with E-state index in [-0.39, 0.29) is 16.8 Å². The smallest absolute Gasteiger partial charge is 0.202 e. The number of rotatable bonds is 2. The molecule has 0 saturated carbocycles. The van der Waals surface area contributed by atoms with Gasteiger partial charge in [-0.1, -0.05) is 11.6 Å². The number of fused-ring (bicyclic) bond motifs is 3. The zero-order valence-corrected chi connectivity index (χ0v) is 13.5. The van der Waals surface area contributed by atoms with Gasteiger partial charge in [-0.05, 0) is 43.3 Å². The van der Waals surface area contributed by atoms with Crippen molar-refractivity contribution in [2.45, 2.75) is 6.92 Å². The quantitative estimate of drug-likeness (QED) is 0.567. The monoisotopic (exact) mass is 337 g/mol. The first-order valence-electron chi connectivity index (χ1n) is 7.34. The number of carbonyl (C=O) groups is 1. The lowest BCUT2D eigenvalue weighted by Crippen LogP contribution is -2.14. The van der Waals surface area contributed by atoms with E-state index in [2.05, 4.69) is 9.97 Å². The van der Waals surface area contributed by atoms with Crippen molar-refractivity contribution in [3.63, 3.8) is 0 Å². The number of ketones is 1. The summed E-state index contributed by atoms with van der Waals surface area (Å²) < 4.78 is 1.88. The van der Waals surface area contributed by atoms with Crippen LogP contribution in [-0.4, -0.2) is 20.3 Å². The zero-order chi connectivity index (χ0) is 16.8. The number of imidazole rings is 1. The number of Topliss-reactive ketones (excluding diaryl/α,β-unsaturated/α-hetero) is 1. The molecule has 1 N–H and O–H groups in total. The molecule has 0 aliphatic carbocycles. The van der Waals surface area contributed by atoms with Crippen LogP contribution in [0.1, 0.15) is 17.3 Å². The molecule has 4 aromatic rings. The molecule has 6 heteroatoms. The van der Waals surface area contributed by atoms with E-state index < -0.39 is 0 Å². The van der Waals surface area contributed by atoms with Crippen LogP contribution in [0.25, 0.3) is 27.6 Å². The maximum absolute atomic E-state index is 12.7. The van der Waals surface area contributed by atoms with Crippen LogP contribution >= 0.6 is 11.6 Å². The lowest BCUT2D eigenvalue weighted by Gasteiger charge is -2.06. The first kappa shape index (κ1) is 14.7.